The number of halogens is 2. The van der Waals surface area contributed by atoms with Gasteiger partial charge in [0.15, 0.2) is 11.6 Å². The van der Waals surface area contributed by atoms with Gasteiger partial charge in [0.1, 0.15) is 0 Å². The van der Waals surface area contributed by atoms with Crippen LogP contribution >= 0.6 is 0 Å². The van der Waals surface area contributed by atoms with Crippen LogP contribution in [0.2, 0.25) is 0 Å². The van der Waals surface area contributed by atoms with Crippen molar-refractivity contribution in [1.29, 1.82) is 0 Å². The Kier molecular flexibility index (Phi) is 3.46. The van der Waals surface area contributed by atoms with E-state index in [1.807, 2.05) is 0 Å². The lowest BCUT2D eigenvalue weighted by atomic mass is 9.85. The third kappa shape index (κ3) is 2.10. The first-order valence-electron chi connectivity index (χ1n) is 6.97. The summed E-state index contributed by atoms with van der Waals surface area (Å²) >= 11 is 0. The minimum absolute atomic E-state index is 0.0255. The van der Waals surface area contributed by atoms with Crippen LogP contribution in [-0.4, -0.2) is 23.7 Å². The lowest BCUT2D eigenvalue weighted by Gasteiger charge is -2.30. The van der Waals surface area contributed by atoms with E-state index in [0.717, 1.165) is 25.3 Å². The molecule has 0 spiro atoms. The maximum atomic E-state index is 13.6. The fourth-order valence-electron chi connectivity index (χ4n) is 3.81. The number of nitrogens with one attached hydrogen (secondary N) is 1. The molecule has 4 unspecified atom stereocenters. The van der Waals surface area contributed by atoms with E-state index in [9.17, 15) is 18.7 Å². The highest BCUT2D eigenvalue weighted by molar-refractivity contribution is 5.94. The predicted molar refractivity (Wildman–Crippen MR) is 69.0 cm³/mol. The second-order valence-electron chi connectivity index (χ2n) is 5.78. The van der Waals surface area contributed by atoms with Gasteiger partial charge >= 0.3 is 0 Å². The molecular weight excluding hydrogens is 264 g/mol. The van der Waals surface area contributed by atoms with E-state index in [1.54, 1.807) is 0 Å². The van der Waals surface area contributed by atoms with Gasteiger partial charge in [-0.25, -0.2) is 8.78 Å². The van der Waals surface area contributed by atoms with E-state index in [0.29, 0.717) is 11.8 Å². The van der Waals surface area contributed by atoms with Crippen molar-refractivity contribution in [2.24, 2.45) is 17.8 Å². The molecule has 3 nitrogen and oxygen atoms in total. The smallest absolute Gasteiger partial charge is 0.254 e. The number of aliphatic hydroxyl groups excluding tert-OH is 1. The van der Waals surface area contributed by atoms with Gasteiger partial charge in [-0.2, -0.15) is 0 Å². The lowest BCUT2D eigenvalue weighted by Crippen LogP contribution is -2.45. The highest BCUT2D eigenvalue weighted by atomic mass is 19.2. The maximum absolute atomic E-state index is 13.6. The van der Waals surface area contributed by atoms with E-state index in [-0.39, 0.29) is 24.1 Å². The molecule has 2 N–H and O–H groups in total. The quantitative estimate of drug-likeness (QED) is 0.891. The molecule has 20 heavy (non-hydrogen) atoms. The van der Waals surface area contributed by atoms with Gasteiger partial charge in [-0.15, -0.1) is 0 Å². The van der Waals surface area contributed by atoms with Gasteiger partial charge in [0.25, 0.3) is 5.91 Å². The number of rotatable bonds is 3. The molecule has 2 saturated carbocycles. The summed E-state index contributed by atoms with van der Waals surface area (Å²) in [5.41, 5.74) is -0.274. The van der Waals surface area contributed by atoms with Gasteiger partial charge in [0.05, 0.1) is 5.56 Å². The third-order valence-corrected chi connectivity index (χ3v) is 4.79. The Morgan fingerprint density at radius 2 is 2.05 bits per heavy atom. The molecule has 0 heterocycles. The Morgan fingerprint density at radius 3 is 2.80 bits per heavy atom. The van der Waals surface area contributed by atoms with E-state index in [1.165, 1.54) is 12.1 Å². The summed E-state index contributed by atoms with van der Waals surface area (Å²) in [6.07, 6.45) is 3.11. The van der Waals surface area contributed by atoms with E-state index >= 15 is 0 Å². The molecule has 3 rings (SSSR count). The lowest BCUT2D eigenvalue weighted by molar-refractivity contribution is 0.0856. The highest BCUT2D eigenvalue weighted by Crippen LogP contribution is 2.48. The Bertz CT molecular complexity index is 535. The molecule has 1 amide bonds. The molecule has 5 heteroatoms. The summed E-state index contributed by atoms with van der Waals surface area (Å²) in [6.45, 7) is 0.0255. The molecule has 2 fully saturated rings. The van der Waals surface area contributed by atoms with Crippen LogP contribution in [0.5, 0.6) is 0 Å². The zero-order valence-corrected chi connectivity index (χ0v) is 11.0. The summed E-state index contributed by atoms with van der Waals surface area (Å²) in [6, 6.07) is 3.45. The summed E-state index contributed by atoms with van der Waals surface area (Å²) in [5, 5.41) is 12.2. The third-order valence-electron chi connectivity index (χ3n) is 4.79. The number of carbonyl (C=O) groups is 1. The minimum Gasteiger partial charge on any atom is -0.396 e. The summed E-state index contributed by atoms with van der Waals surface area (Å²) in [7, 11) is 0. The van der Waals surface area contributed by atoms with Gasteiger partial charge < -0.3 is 10.4 Å². The molecule has 108 valence electrons. The van der Waals surface area contributed by atoms with Crippen molar-refractivity contribution >= 4 is 5.91 Å². The molecule has 0 radical (unpaired) electrons. The summed E-state index contributed by atoms with van der Waals surface area (Å²) in [4.78, 5) is 12.1. The first kappa shape index (κ1) is 13.5. The van der Waals surface area contributed by atoms with E-state index in [2.05, 4.69) is 5.32 Å². The van der Waals surface area contributed by atoms with Crippen LogP contribution in [0.4, 0.5) is 8.78 Å². The SMILES string of the molecule is O=C(NC1C2CCC(C2)C1CO)c1cccc(F)c1F. The van der Waals surface area contributed by atoms with Crippen LogP contribution in [0.3, 0.4) is 0 Å². The van der Waals surface area contributed by atoms with Crippen LogP contribution in [-0.2, 0) is 0 Å². The Balaban J connectivity index is 1.77. The maximum Gasteiger partial charge on any atom is 0.254 e. The number of benzene rings is 1. The van der Waals surface area contributed by atoms with Gasteiger partial charge in [-0.1, -0.05) is 6.07 Å². The molecule has 0 saturated heterocycles. The molecule has 2 aliphatic rings. The molecule has 0 aliphatic heterocycles. The zero-order valence-electron chi connectivity index (χ0n) is 11.0. The first-order chi connectivity index (χ1) is 9.61. The Labute approximate surface area is 116 Å². The van der Waals surface area contributed by atoms with Gasteiger partial charge in [0.2, 0.25) is 0 Å². The number of aliphatic hydroxyl groups is 1. The molecule has 1 aromatic rings. The minimum atomic E-state index is -1.12. The average molecular weight is 281 g/mol. The van der Waals surface area contributed by atoms with Crippen LogP contribution in [0.25, 0.3) is 0 Å². The average Bonchev–Trinajstić information content (AvgIpc) is 3.02. The second kappa shape index (κ2) is 5.13. The van der Waals surface area contributed by atoms with Crippen molar-refractivity contribution in [3.63, 3.8) is 0 Å². The first-order valence-corrected chi connectivity index (χ1v) is 6.97. The van der Waals surface area contributed by atoms with E-state index in [4.69, 9.17) is 0 Å². The Morgan fingerprint density at radius 1 is 1.30 bits per heavy atom. The van der Waals surface area contributed by atoms with Gasteiger partial charge in [0, 0.05) is 18.6 Å². The topological polar surface area (TPSA) is 49.3 Å². The fourth-order valence-corrected chi connectivity index (χ4v) is 3.81. The fraction of sp³-hybridized carbons (Fsp3) is 0.533. The zero-order chi connectivity index (χ0) is 14.3. The van der Waals surface area contributed by atoms with Crippen molar-refractivity contribution in [1.82, 2.24) is 5.32 Å². The second-order valence-corrected chi connectivity index (χ2v) is 5.78. The predicted octanol–water partition coefficient (Wildman–Crippen LogP) is 2.10. The molecular formula is C15H17F2NO2. The molecule has 0 aromatic heterocycles. The number of carbonyl (C=O) groups excluding carboxylic acids is 1. The number of amides is 1. The highest BCUT2D eigenvalue weighted by Gasteiger charge is 2.47. The van der Waals surface area contributed by atoms with E-state index < -0.39 is 17.5 Å². The summed E-state index contributed by atoms with van der Waals surface area (Å²) in [5.74, 6) is -1.92. The Hall–Kier alpha value is -1.49. The van der Waals surface area contributed by atoms with Crippen molar-refractivity contribution in [2.45, 2.75) is 25.3 Å². The standard InChI is InChI=1S/C15H17F2NO2/c16-12-3-1-2-10(13(12)17)15(20)18-14-9-5-4-8(6-9)11(14)7-19/h1-3,8-9,11,14,19H,4-7H2,(H,18,20). The van der Waals surface area contributed by atoms with Crippen molar-refractivity contribution in [3.8, 4) is 0 Å². The van der Waals surface area contributed by atoms with Crippen LogP contribution in [0.1, 0.15) is 29.6 Å². The largest absolute Gasteiger partial charge is 0.396 e. The van der Waals surface area contributed by atoms with Crippen LogP contribution in [0.15, 0.2) is 18.2 Å². The molecule has 2 bridgehead atoms. The number of hydrogen-bond donors (Lipinski definition) is 2. The number of hydrogen-bond acceptors (Lipinski definition) is 2. The molecule has 1 aromatic carbocycles. The van der Waals surface area contributed by atoms with Crippen molar-refractivity contribution in [3.05, 3.63) is 35.4 Å². The van der Waals surface area contributed by atoms with Crippen molar-refractivity contribution in [2.75, 3.05) is 6.61 Å². The monoisotopic (exact) mass is 281 g/mol. The summed E-state index contributed by atoms with van der Waals surface area (Å²) < 4.78 is 26.8. The molecule has 2 aliphatic carbocycles. The normalized spacial score (nSPS) is 31.6. The van der Waals surface area contributed by atoms with Gasteiger partial charge in [-0.05, 0) is 43.2 Å². The van der Waals surface area contributed by atoms with Gasteiger partial charge in [-0.3, -0.25) is 4.79 Å². The number of fused-ring (bicyclic) bond motifs is 2. The van der Waals surface area contributed by atoms with Crippen LogP contribution < -0.4 is 5.32 Å². The molecule has 4 atom stereocenters. The van der Waals surface area contributed by atoms with Crippen molar-refractivity contribution < 1.29 is 18.7 Å². The van der Waals surface area contributed by atoms with Crippen LogP contribution in [0, 0.1) is 29.4 Å².